The summed E-state index contributed by atoms with van der Waals surface area (Å²) in [4.78, 5) is 0. The van der Waals surface area contributed by atoms with Crippen molar-refractivity contribution in [1.29, 1.82) is 0 Å². The van der Waals surface area contributed by atoms with Gasteiger partial charge in [-0.15, -0.1) is 0 Å². The summed E-state index contributed by atoms with van der Waals surface area (Å²) in [6.45, 7) is 14.1. The van der Waals surface area contributed by atoms with Crippen LogP contribution in [0.15, 0.2) is 12.3 Å². The molecule has 1 N–H and O–H groups in total. The van der Waals surface area contributed by atoms with Crippen LogP contribution >= 0.6 is 0 Å². The maximum atomic E-state index is 5.43. The Kier molecular flexibility index (Phi) is 7.58. The molecule has 0 heterocycles. The van der Waals surface area contributed by atoms with Crippen molar-refractivity contribution < 1.29 is 4.74 Å². The minimum Gasteiger partial charge on any atom is -0.366 e. The van der Waals surface area contributed by atoms with E-state index in [2.05, 4.69) is 39.6 Å². The third-order valence-electron chi connectivity index (χ3n) is 2.17. The van der Waals surface area contributed by atoms with Gasteiger partial charge < -0.3 is 10.1 Å². The molecule has 0 unspecified atom stereocenters. The van der Waals surface area contributed by atoms with E-state index < -0.39 is 0 Å². The predicted octanol–water partition coefficient (Wildman–Crippen LogP) is 3.16. The van der Waals surface area contributed by atoms with Crippen molar-refractivity contribution in [2.24, 2.45) is 11.8 Å². The van der Waals surface area contributed by atoms with Crippen LogP contribution in [0.1, 0.15) is 40.5 Å². The smallest absolute Gasteiger partial charge is 0.116 e. The van der Waals surface area contributed by atoms with Crippen LogP contribution in [-0.4, -0.2) is 13.3 Å². The maximum absolute atomic E-state index is 5.43. The van der Waals surface area contributed by atoms with Crippen LogP contribution in [0.5, 0.6) is 0 Å². The molecule has 0 aliphatic carbocycles. The molecule has 0 fully saturated rings. The minimum atomic E-state index is 0.481. The maximum Gasteiger partial charge on any atom is 0.116 e. The first-order chi connectivity index (χ1) is 6.54. The van der Waals surface area contributed by atoms with Crippen LogP contribution in [0.3, 0.4) is 0 Å². The van der Waals surface area contributed by atoms with Gasteiger partial charge in [0.1, 0.15) is 6.73 Å². The van der Waals surface area contributed by atoms with Crippen LogP contribution in [-0.2, 0) is 4.74 Å². The molecule has 0 rings (SSSR count). The molecule has 14 heavy (non-hydrogen) atoms. The van der Waals surface area contributed by atoms with Crippen molar-refractivity contribution in [3.05, 3.63) is 12.3 Å². The third kappa shape index (κ3) is 8.11. The van der Waals surface area contributed by atoms with Crippen LogP contribution in [0.4, 0.5) is 0 Å². The lowest BCUT2D eigenvalue weighted by molar-refractivity contribution is 0.115. The molecule has 0 aromatic carbocycles. The Bertz CT molecular complexity index is 152. The minimum absolute atomic E-state index is 0.481. The second-order valence-electron chi connectivity index (χ2n) is 4.45. The molecule has 0 atom stereocenters. The summed E-state index contributed by atoms with van der Waals surface area (Å²) in [6, 6.07) is 0. The van der Waals surface area contributed by atoms with E-state index in [1.807, 2.05) is 0 Å². The van der Waals surface area contributed by atoms with Gasteiger partial charge in [0, 0.05) is 12.3 Å². The average Bonchev–Trinajstić information content (AvgIpc) is 2.09. The summed E-state index contributed by atoms with van der Waals surface area (Å²) >= 11 is 0. The molecule has 0 aliphatic heterocycles. The molecule has 0 saturated carbocycles. The fourth-order valence-electron chi connectivity index (χ4n) is 1.01. The second-order valence-corrected chi connectivity index (χ2v) is 4.45. The monoisotopic (exact) mass is 199 g/mol. The lowest BCUT2D eigenvalue weighted by Gasteiger charge is -2.13. The molecule has 0 aromatic heterocycles. The number of hydrogen-bond donors (Lipinski definition) is 1. The average molecular weight is 199 g/mol. The summed E-state index contributed by atoms with van der Waals surface area (Å²) in [5.41, 5.74) is 1.05. The molecule has 0 spiro atoms. The number of allylic oxidation sites excluding steroid dienone is 1. The molecule has 2 heteroatoms. The molecule has 0 bridgehead atoms. The quantitative estimate of drug-likeness (QED) is 0.479. The van der Waals surface area contributed by atoms with E-state index in [4.69, 9.17) is 4.74 Å². The van der Waals surface area contributed by atoms with Gasteiger partial charge in [0.2, 0.25) is 0 Å². The van der Waals surface area contributed by atoms with E-state index in [9.17, 15) is 0 Å². The standard InChI is InChI=1S/C12H25NO/c1-10(2)7-6-8-14-9-13-12(5)11(3)4/h10-11,13H,5-9H2,1-4H3. The molecule has 2 nitrogen and oxygen atoms in total. The van der Waals surface area contributed by atoms with Crippen LogP contribution < -0.4 is 5.32 Å². The predicted molar refractivity (Wildman–Crippen MR) is 62.0 cm³/mol. The van der Waals surface area contributed by atoms with Crippen LogP contribution in [0, 0.1) is 11.8 Å². The summed E-state index contributed by atoms with van der Waals surface area (Å²) < 4.78 is 5.43. The highest BCUT2D eigenvalue weighted by atomic mass is 16.5. The van der Waals surface area contributed by atoms with E-state index in [1.54, 1.807) is 0 Å². The van der Waals surface area contributed by atoms with Crippen molar-refractivity contribution in [3.63, 3.8) is 0 Å². The van der Waals surface area contributed by atoms with E-state index in [0.717, 1.165) is 24.6 Å². The number of rotatable bonds is 8. The van der Waals surface area contributed by atoms with Gasteiger partial charge in [0.25, 0.3) is 0 Å². The summed E-state index contributed by atoms with van der Waals surface area (Å²) in [5.74, 6) is 1.26. The van der Waals surface area contributed by atoms with Gasteiger partial charge in [-0.2, -0.15) is 0 Å². The molecule has 0 amide bonds. The zero-order chi connectivity index (χ0) is 11.0. The highest BCUT2D eigenvalue weighted by Crippen LogP contribution is 2.04. The fourth-order valence-corrected chi connectivity index (χ4v) is 1.01. The van der Waals surface area contributed by atoms with Crippen LogP contribution in [0.2, 0.25) is 0 Å². The normalized spacial score (nSPS) is 11.0. The summed E-state index contributed by atoms with van der Waals surface area (Å²) in [5, 5.41) is 3.15. The van der Waals surface area contributed by atoms with Gasteiger partial charge in [-0.1, -0.05) is 34.3 Å². The van der Waals surface area contributed by atoms with Crippen molar-refractivity contribution in [1.82, 2.24) is 5.32 Å². The highest BCUT2D eigenvalue weighted by Gasteiger charge is 1.98. The van der Waals surface area contributed by atoms with E-state index in [1.165, 1.54) is 6.42 Å². The van der Waals surface area contributed by atoms with E-state index in [0.29, 0.717) is 12.6 Å². The Morgan fingerprint density at radius 1 is 1.29 bits per heavy atom. The largest absolute Gasteiger partial charge is 0.366 e. The van der Waals surface area contributed by atoms with E-state index >= 15 is 0 Å². The van der Waals surface area contributed by atoms with Gasteiger partial charge in [-0.05, 0) is 24.7 Å². The topological polar surface area (TPSA) is 21.3 Å². The van der Waals surface area contributed by atoms with Crippen molar-refractivity contribution in [2.45, 2.75) is 40.5 Å². The molecule has 0 aliphatic rings. The summed E-state index contributed by atoms with van der Waals surface area (Å²) in [7, 11) is 0. The first-order valence-corrected chi connectivity index (χ1v) is 5.54. The lowest BCUT2D eigenvalue weighted by Crippen LogP contribution is -2.20. The van der Waals surface area contributed by atoms with Crippen molar-refractivity contribution in [2.75, 3.05) is 13.3 Å². The van der Waals surface area contributed by atoms with Gasteiger partial charge in [-0.3, -0.25) is 0 Å². The Hall–Kier alpha value is -0.500. The zero-order valence-corrected chi connectivity index (χ0v) is 10.1. The zero-order valence-electron chi connectivity index (χ0n) is 10.1. The third-order valence-corrected chi connectivity index (χ3v) is 2.17. The fraction of sp³-hybridized carbons (Fsp3) is 0.833. The molecule has 0 aromatic rings. The molecule has 84 valence electrons. The number of nitrogens with one attached hydrogen (secondary N) is 1. The van der Waals surface area contributed by atoms with Gasteiger partial charge in [-0.25, -0.2) is 0 Å². The summed E-state index contributed by atoms with van der Waals surface area (Å²) in [6.07, 6.45) is 2.39. The molecule has 0 radical (unpaired) electrons. The second kappa shape index (κ2) is 7.86. The first-order valence-electron chi connectivity index (χ1n) is 5.54. The molecular formula is C12H25NO. The van der Waals surface area contributed by atoms with Gasteiger partial charge in [0.15, 0.2) is 0 Å². The first kappa shape index (κ1) is 13.5. The number of ether oxygens (including phenoxy) is 1. The molecule has 0 saturated heterocycles. The van der Waals surface area contributed by atoms with Crippen molar-refractivity contribution in [3.8, 4) is 0 Å². The highest BCUT2D eigenvalue weighted by molar-refractivity contribution is 4.92. The van der Waals surface area contributed by atoms with Crippen LogP contribution in [0.25, 0.3) is 0 Å². The Labute approximate surface area is 88.7 Å². The van der Waals surface area contributed by atoms with Crippen molar-refractivity contribution >= 4 is 0 Å². The SMILES string of the molecule is C=C(NCOCCCC(C)C)C(C)C. The lowest BCUT2D eigenvalue weighted by atomic mass is 10.1. The van der Waals surface area contributed by atoms with Gasteiger partial charge >= 0.3 is 0 Å². The van der Waals surface area contributed by atoms with Gasteiger partial charge in [0.05, 0.1) is 0 Å². The number of hydrogen-bond acceptors (Lipinski definition) is 2. The van der Waals surface area contributed by atoms with E-state index in [-0.39, 0.29) is 0 Å². The Morgan fingerprint density at radius 3 is 2.43 bits per heavy atom. The Balaban J connectivity index is 3.18. The molecular weight excluding hydrogens is 174 g/mol. The Morgan fingerprint density at radius 2 is 1.93 bits per heavy atom.